The third-order valence-corrected chi connectivity index (χ3v) is 3.39. The third-order valence-electron chi connectivity index (χ3n) is 2.90. The van der Waals surface area contributed by atoms with Crippen LogP contribution in [0.25, 0.3) is 0 Å². The van der Waals surface area contributed by atoms with Gasteiger partial charge in [0.25, 0.3) is 5.91 Å². The van der Waals surface area contributed by atoms with Crippen molar-refractivity contribution < 1.29 is 9.18 Å². The average Bonchev–Trinajstić information content (AvgIpc) is 3.12. The Bertz CT molecular complexity index is 440. The topological polar surface area (TPSA) is 55.1 Å². The first-order valence-electron chi connectivity index (χ1n) is 5.57. The van der Waals surface area contributed by atoms with Crippen LogP contribution in [0.15, 0.2) is 22.7 Å². The van der Waals surface area contributed by atoms with E-state index in [1.54, 1.807) is 6.07 Å². The fourth-order valence-electron chi connectivity index (χ4n) is 1.67. The Hall–Kier alpha value is -0.650. The normalized spacial score (nSPS) is 15.7. The molecule has 1 aromatic rings. The number of rotatable bonds is 4. The van der Waals surface area contributed by atoms with E-state index >= 15 is 0 Å². The lowest BCUT2D eigenvalue weighted by atomic mass is 10.1. The van der Waals surface area contributed by atoms with E-state index in [4.69, 9.17) is 5.73 Å². The standard InChI is InChI=1S/C12H14BrFN2O.ClH/c13-8-3-4-10(14)9(5-8)12(17)16-6-11(15)7-1-2-7;/h3-5,7,11H,1-2,6,15H2,(H,16,17);1H. The molecule has 1 fully saturated rings. The molecular weight excluding hydrogens is 323 g/mol. The van der Waals surface area contributed by atoms with Crippen LogP contribution in [0.3, 0.4) is 0 Å². The highest BCUT2D eigenvalue weighted by atomic mass is 79.9. The van der Waals surface area contributed by atoms with E-state index < -0.39 is 11.7 Å². The Balaban J connectivity index is 0.00000162. The molecule has 0 bridgehead atoms. The molecule has 18 heavy (non-hydrogen) atoms. The van der Waals surface area contributed by atoms with Crippen LogP contribution in [0.1, 0.15) is 23.2 Å². The highest BCUT2D eigenvalue weighted by Gasteiger charge is 2.28. The summed E-state index contributed by atoms with van der Waals surface area (Å²) in [6, 6.07) is 4.27. The van der Waals surface area contributed by atoms with Gasteiger partial charge in [-0.2, -0.15) is 0 Å². The van der Waals surface area contributed by atoms with Crippen LogP contribution < -0.4 is 11.1 Å². The maximum absolute atomic E-state index is 13.4. The maximum atomic E-state index is 13.4. The summed E-state index contributed by atoms with van der Waals surface area (Å²) in [6.07, 6.45) is 2.25. The molecule has 1 unspecified atom stereocenters. The first-order valence-corrected chi connectivity index (χ1v) is 6.36. The van der Waals surface area contributed by atoms with Crippen LogP contribution in [0, 0.1) is 11.7 Å². The number of hydrogen-bond acceptors (Lipinski definition) is 2. The zero-order valence-corrected chi connectivity index (χ0v) is 12.1. The molecule has 0 heterocycles. The molecule has 1 amide bonds. The zero-order valence-electron chi connectivity index (χ0n) is 9.66. The minimum absolute atomic E-state index is 0. The molecular formula is C12H15BrClFN2O. The molecule has 2 rings (SSSR count). The lowest BCUT2D eigenvalue weighted by molar-refractivity contribution is 0.0946. The Morgan fingerprint density at radius 3 is 2.83 bits per heavy atom. The summed E-state index contributed by atoms with van der Waals surface area (Å²) in [6.45, 7) is 0.398. The van der Waals surface area contributed by atoms with Crippen LogP contribution in [0.2, 0.25) is 0 Å². The molecule has 0 aliphatic heterocycles. The van der Waals surface area contributed by atoms with Crippen molar-refractivity contribution in [3.63, 3.8) is 0 Å². The van der Waals surface area contributed by atoms with Gasteiger partial charge in [0.05, 0.1) is 5.56 Å². The molecule has 1 aromatic carbocycles. The Kier molecular flexibility index (Phi) is 5.56. The van der Waals surface area contributed by atoms with Gasteiger partial charge in [-0.15, -0.1) is 12.4 Å². The second-order valence-corrected chi connectivity index (χ2v) is 5.25. The van der Waals surface area contributed by atoms with E-state index in [1.807, 2.05) is 0 Å². The van der Waals surface area contributed by atoms with E-state index in [-0.39, 0.29) is 24.0 Å². The van der Waals surface area contributed by atoms with Gasteiger partial charge in [0.2, 0.25) is 0 Å². The van der Waals surface area contributed by atoms with E-state index in [0.29, 0.717) is 16.9 Å². The van der Waals surface area contributed by atoms with E-state index in [1.165, 1.54) is 12.1 Å². The molecule has 1 atom stereocenters. The number of carbonyl (C=O) groups is 1. The molecule has 100 valence electrons. The SMILES string of the molecule is Cl.NC(CNC(=O)c1cc(Br)ccc1F)C1CC1. The summed E-state index contributed by atoms with van der Waals surface area (Å²) in [5.74, 6) is -0.423. The Labute approximate surface area is 120 Å². The molecule has 1 aliphatic carbocycles. The number of hydrogen-bond donors (Lipinski definition) is 2. The van der Waals surface area contributed by atoms with Gasteiger partial charge in [0, 0.05) is 17.1 Å². The molecule has 6 heteroatoms. The molecule has 3 N–H and O–H groups in total. The van der Waals surface area contributed by atoms with Crippen molar-refractivity contribution in [2.45, 2.75) is 18.9 Å². The minimum Gasteiger partial charge on any atom is -0.350 e. The predicted molar refractivity (Wildman–Crippen MR) is 74.4 cm³/mol. The highest BCUT2D eigenvalue weighted by Crippen LogP contribution is 2.31. The van der Waals surface area contributed by atoms with E-state index in [2.05, 4.69) is 21.2 Å². The van der Waals surface area contributed by atoms with Gasteiger partial charge in [-0.1, -0.05) is 15.9 Å². The number of carbonyl (C=O) groups excluding carboxylic acids is 1. The van der Waals surface area contributed by atoms with Crippen molar-refractivity contribution in [1.29, 1.82) is 0 Å². The van der Waals surface area contributed by atoms with Gasteiger partial charge in [-0.3, -0.25) is 4.79 Å². The second-order valence-electron chi connectivity index (χ2n) is 4.34. The minimum atomic E-state index is -0.523. The highest BCUT2D eigenvalue weighted by molar-refractivity contribution is 9.10. The number of nitrogens with one attached hydrogen (secondary N) is 1. The Morgan fingerprint density at radius 1 is 1.56 bits per heavy atom. The average molecular weight is 338 g/mol. The van der Waals surface area contributed by atoms with Gasteiger partial charge < -0.3 is 11.1 Å². The van der Waals surface area contributed by atoms with Gasteiger partial charge in [0.1, 0.15) is 5.82 Å². The molecule has 0 aromatic heterocycles. The number of nitrogens with two attached hydrogens (primary N) is 1. The molecule has 1 saturated carbocycles. The van der Waals surface area contributed by atoms with Crippen LogP contribution in [-0.2, 0) is 0 Å². The molecule has 3 nitrogen and oxygen atoms in total. The fraction of sp³-hybridized carbons (Fsp3) is 0.417. The summed E-state index contributed by atoms with van der Waals surface area (Å²) in [5, 5.41) is 2.66. The first kappa shape index (κ1) is 15.4. The van der Waals surface area contributed by atoms with Gasteiger partial charge in [-0.25, -0.2) is 4.39 Å². The van der Waals surface area contributed by atoms with Gasteiger partial charge in [-0.05, 0) is 37.0 Å². The molecule has 1 aliphatic rings. The van der Waals surface area contributed by atoms with E-state index in [9.17, 15) is 9.18 Å². The zero-order chi connectivity index (χ0) is 12.4. The first-order chi connectivity index (χ1) is 8.08. The quantitative estimate of drug-likeness (QED) is 0.887. The van der Waals surface area contributed by atoms with Crippen LogP contribution in [-0.4, -0.2) is 18.5 Å². The lowest BCUT2D eigenvalue weighted by Gasteiger charge is -2.12. The second kappa shape index (κ2) is 6.50. The molecule has 0 spiro atoms. The summed E-state index contributed by atoms with van der Waals surface area (Å²) in [5.41, 5.74) is 5.90. The fourth-order valence-corrected chi connectivity index (χ4v) is 2.03. The van der Waals surface area contributed by atoms with Crippen molar-refractivity contribution in [3.05, 3.63) is 34.1 Å². The summed E-state index contributed by atoms with van der Waals surface area (Å²) < 4.78 is 14.1. The molecule has 0 saturated heterocycles. The van der Waals surface area contributed by atoms with Crippen molar-refractivity contribution >= 4 is 34.2 Å². The Morgan fingerprint density at radius 2 is 2.22 bits per heavy atom. The van der Waals surface area contributed by atoms with Crippen LogP contribution in [0.5, 0.6) is 0 Å². The maximum Gasteiger partial charge on any atom is 0.254 e. The predicted octanol–water partition coefficient (Wildman–Crippen LogP) is 2.48. The van der Waals surface area contributed by atoms with E-state index in [0.717, 1.165) is 12.8 Å². The monoisotopic (exact) mass is 336 g/mol. The van der Waals surface area contributed by atoms with Crippen LogP contribution in [0.4, 0.5) is 4.39 Å². The van der Waals surface area contributed by atoms with Gasteiger partial charge in [0.15, 0.2) is 0 Å². The summed E-state index contributed by atoms with van der Waals surface area (Å²) >= 11 is 3.21. The third kappa shape index (κ3) is 3.93. The summed E-state index contributed by atoms with van der Waals surface area (Å²) in [4.78, 5) is 11.7. The number of benzene rings is 1. The number of halogens is 3. The summed E-state index contributed by atoms with van der Waals surface area (Å²) in [7, 11) is 0. The number of amides is 1. The van der Waals surface area contributed by atoms with Gasteiger partial charge >= 0.3 is 0 Å². The lowest BCUT2D eigenvalue weighted by Crippen LogP contribution is -2.38. The largest absolute Gasteiger partial charge is 0.350 e. The van der Waals surface area contributed by atoms with Crippen molar-refractivity contribution in [1.82, 2.24) is 5.32 Å². The van der Waals surface area contributed by atoms with Crippen LogP contribution >= 0.6 is 28.3 Å². The van der Waals surface area contributed by atoms with Crippen molar-refractivity contribution in [3.8, 4) is 0 Å². The van der Waals surface area contributed by atoms with Crippen molar-refractivity contribution in [2.24, 2.45) is 11.7 Å². The smallest absolute Gasteiger partial charge is 0.254 e. The molecule has 0 radical (unpaired) electrons. The van der Waals surface area contributed by atoms with Crippen molar-refractivity contribution in [2.75, 3.05) is 6.54 Å².